The molecule has 41 heavy (non-hydrogen) atoms. The largest absolute Gasteiger partial charge is 0.311 e. The highest BCUT2D eigenvalue weighted by Crippen LogP contribution is 2.35. The Morgan fingerprint density at radius 3 is 1.05 bits per heavy atom. The molecule has 1 unspecified atom stereocenters. The monoisotopic (exact) mass is 583 g/mol. The maximum Gasteiger partial charge on any atom is 0.197 e. The fourth-order valence-corrected chi connectivity index (χ4v) is 6.81. The molecule has 5 heteroatoms. The maximum atomic E-state index is 11.9. The van der Waals surface area contributed by atoms with Crippen molar-refractivity contribution in [3.05, 3.63) is 158 Å². The first-order valence-electron chi connectivity index (χ1n) is 13.3. The van der Waals surface area contributed by atoms with Crippen LogP contribution in [0.5, 0.6) is 0 Å². The van der Waals surface area contributed by atoms with Crippen molar-refractivity contribution in [1.82, 2.24) is 0 Å². The van der Waals surface area contributed by atoms with Gasteiger partial charge in [-0.05, 0) is 103 Å². The Bertz CT molecular complexity index is 1820. The Labute approximate surface area is 249 Å². The van der Waals surface area contributed by atoms with Crippen LogP contribution in [0.25, 0.3) is 33.4 Å². The van der Waals surface area contributed by atoms with Crippen LogP contribution < -0.4 is 10.2 Å². The van der Waals surface area contributed by atoms with E-state index in [1.54, 1.807) is 0 Å². The summed E-state index contributed by atoms with van der Waals surface area (Å²) in [4.78, 5) is 2.27. The summed E-state index contributed by atoms with van der Waals surface area (Å²) in [6.45, 7) is -1.55. The molecule has 0 heterocycles. The summed E-state index contributed by atoms with van der Waals surface area (Å²) in [7, 11) is 0.969. The normalized spacial score (nSPS) is 11.1. The molecule has 0 aliphatic rings. The first kappa shape index (κ1) is 26.9. The van der Waals surface area contributed by atoms with Crippen LogP contribution in [0.4, 0.5) is 17.1 Å². The third-order valence-electron chi connectivity index (χ3n) is 7.07. The van der Waals surface area contributed by atoms with Gasteiger partial charge >= 0.3 is 0 Å². The third kappa shape index (κ3) is 6.06. The zero-order valence-corrected chi connectivity index (χ0v) is 24.7. The van der Waals surface area contributed by atoms with E-state index in [0.717, 1.165) is 43.0 Å². The van der Waals surface area contributed by atoms with Crippen molar-refractivity contribution < 1.29 is 4.57 Å². The van der Waals surface area contributed by atoms with Gasteiger partial charge in [-0.15, -0.1) is 0 Å². The standard InChI is InChI=1S/C36H26NOPS2/c38-39(41-40)36-25-21-32(22-26-36)30-17-13-28(14-18-30)27-11-15-29(16-12-27)31-19-23-35(24-20-31)37(33-7-3-1-4-8-33)34-9-5-2-6-10-34/h1-26H. The van der Waals surface area contributed by atoms with Crippen LogP contribution in [0.15, 0.2) is 158 Å². The molecule has 0 spiro atoms. The Kier molecular flexibility index (Phi) is 8.16. The number of benzene rings is 6. The van der Waals surface area contributed by atoms with Gasteiger partial charge < -0.3 is 4.90 Å². The second kappa shape index (κ2) is 12.4. The highest BCUT2D eigenvalue weighted by molar-refractivity contribution is 8.34. The topological polar surface area (TPSA) is 20.3 Å². The molecule has 0 aromatic heterocycles. The second-order valence-electron chi connectivity index (χ2n) is 9.59. The van der Waals surface area contributed by atoms with Crippen molar-refractivity contribution in [3.63, 3.8) is 0 Å². The molecule has 6 aromatic rings. The predicted octanol–water partition coefficient (Wildman–Crippen LogP) is 10.1. The van der Waals surface area contributed by atoms with Crippen molar-refractivity contribution in [2.24, 2.45) is 0 Å². The first-order chi connectivity index (χ1) is 20.2. The van der Waals surface area contributed by atoms with E-state index in [9.17, 15) is 4.57 Å². The highest BCUT2D eigenvalue weighted by atomic mass is 32.9. The fourth-order valence-electron chi connectivity index (χ4n) is 4.93. The molecule has 2 nitrogen and oxygen atoms in total. The van der Waals surface area contributed by atoms with Gasteiger partial charge in [0.15, 0.2) is 6.58 Å². The zero-order valence-electron chi connectivity index (χ0n) is 22.1. The molecule has 0 aliphatic heterocycles. The van der Waals surface area contributed by atoms with Gasteiger partial charge in [-0.25, -0.2) is 0 Å². The van der Waals surface area contributed by atoms with Crippen LogP contribution in [0.2, 0.25) is 0 Å². The van der Waals surface area contributed by atoms with Crippen molar-refractivity contribution in [2.75, 3.05) is 4.90 Å². The quantitative estimate of drug-likeness (QED) is 0.174. The minimum atomic E-state index is -1.55. The minimum Gasteiger partial charge on any atom is -0.311 e. The molecule has 198 valence electrons. The average Bonchev–Trinajstić information content (AvgIpc) is 3.06. The van der Waals surface area contributed by atoms with Crippen LogP contribution in [0.1, 0.15) is 0 Å². The summed E-state index contributed by atoms with van der Waals surface area (Å²) >= 11 is 4.86. The molecule has 0 N–H and O–H groups in total. The number of nitrogens with zero attached hydrogens (tertiary/aromatic N) is 1. The smallest absolute Gasteiger partial charge is 0.197 e. The van der Waals surface area contributed by atoms with Crippen LogP contribution in [0, 0.1) is 0 Å². The van der Waals surface area contributed by atoms with Gasteiger partial charge in [0.05, 0.1) is 0 Å². The molecule has 0 amide bonds. The van der Waals surface area contributed by atoms with Crippen molar-refractivity contribution in [3.8, 4) is 33.4 Å². The summed E-state index contributed by atoms with van der Waals surface area (Å²) in [6.07, 6.45) is 0. The average molecular weight is 584 g/mol. The lowest BCUT2D eigenvalue weighted by Gasteiger charge is -2.25. The SMILES string of the molecule is O=P(=S=S)c1ccc(-c2ccc(-c3ccc(-c4ccc(N(c5ccccc5)c5ccccc5)cc4)cc3)cc2)cc1. The molecular weight excluding hydrogens is 558 g/mol. The van der Waals surface area contributed by atoms with E-state index in [1.807, 2.05) is 36.4 Å². The Hall–Kier alpha value is -4.34. The summed E-state index contributed by atoms with van der Waals surface area (Å²) in [5.41, 5.74) is 10.3. The Morgan fingerprint density at radius 2 is 0.707 bits per heavy atom. The maximum absolute atomic E-state index is 11.9. The van der Waals surface area contributed by atoms with Crippen LogP contribution >= 0.6 is 6.58 Å². The van der Waals surface area contributed by atoms with Gasteiger partial charge in [0, 0.05) is 22.4 Å². The third-order valence-corrected chi connectivity index (χ3v) is 10.2. The first-order valence-corrected chi connectivity index (χ1v) is 16.9. The summed E-state index contributed by atoms with van der Waals surface area (Å²) in [5.74, 6) is 0. The molecule has 0 fully saturated rings. The lowest BCUT2D eigenvalue weighted by Crippen LogP contribution is -2.09. The highest BCUT2D eigenvalue weighted by Gasteiger charge is 2.12. The second-order valence-corrected chi connectivity index (χ2v) is 13.6. The lowest BCUT2D eigenvalue weighted by atomic mass is 9.98. The molecule has 1 atom stereocenters. The van der Waals surface area contributed by atoms with E-state index >= 15 is 0 Å². The van der Waals surface area contributed by atoms with Gasteiger partial charge in [0.2, 0.25) is 0 Å². The van der Waals surface area contributed by atoms with Crippen molar-refractivity contribution >= 4 is 49.6 Å². The Balaban J connectivity index is 1.20. The van der Waals surface area contributed by atoms with Gasteiger partial charge in [0.25, 0.3) is 0 Å². The molecule has 6 aromatic carbocycles. The zero-order chi connectivity index (χ0) is 28.0. The number of hydrogen-bond donors (Lipinski definition) is 0. The van der Waals surface area contributed by atoms with Crippen molar-refractivity contribution in [2.45, 2.75) is 0 Å². The minimum absolute atomic E-state index is 0.778. The van der Waals surface area contributed by atoms with E-state index in [2.05, 4.69) is 126 Å². The molecular formula is C36H26NOPS2. The fraction of sp³-hybridized carbons (Fsp3) is 0. The number of rotatable bonds is 7. The molecule has 0 radical (unpaired) electrons. The molecule has 0 saturated heterocycles. The molecule has 0 aliphatic carbocycles. The molecule has 6 rings (SSSR count). The van der Waals surface area contributed by atoms with E-state index < -0.39 is 6.58 Å². The number of para-hydroxylation sites is 2. The van der Waals surface area contributed by atoms with Crippen LogP contribution in [-0.4, -0.2) is 0 Å². The van der Waals surface area contributed by atoms with Gasteiger partial charge in [-0.1, -0.05) is 109 Å². The van der Waals surface area contributed by atoms with E-state index in [0.29, 0.717) is 0 Å². The summed E-state index contributed by atoms with van der Waals surface area (Å²) in [5, 5.41) is 0.778. The predicted molar refractivity (Wildman–Crippen MR) is 179 cm³/mol. The van der Waals surface area contributed by atoms with Crippen molar-refractivity contribution in [1.29, 1.82) is 0 Å². The molecule has 0 saturated carbocycles. The molecule has 0 bridgehead atoms. The van der Waals surface area contributed by atoms with Crippen LogP contribution in [-0.2, 0) is 25.3 Å². The Morgan fingerprint density at radius 1 is 0.415 bits per heavy atom. The van der Waals surface area contributed by atoms with Crippen LogP contribution in [0.3, 0.4) is 0 Å². The van der Waals surface area contributed by atoms with E-state index in [-0.39, 0.29) is 0 Å². The summed E-state index contributed by atoms with van der Waals surface area (Å²) < 4.78 is 11.9. The van der Waals surface area contributed by atoms with Gasteiger partial charge in [0.1, 0.15) is 0 Å². The van der Waals surface area contributed by atoms with E-state index in [4.69, 9.17) is 11.2 Å². The summed E-state index contributed by atoms with van der Waals surface area (Å²) in [6, 6.07) is 54.7. The van der Waals surface area contributed by atoms with Gasteiger partial charge in [-0.3, -0.25) is 4.57 Å². The number of anilines is 3. The lowest BCUT2D eigenvalue weighted by molar-refractivity contribution is 0.602. The van der Waals surface area contributed by atoms with E-state index in [1.165, 1.54) is 22.3 Å². The number of hydrogen-bond acceptors (Lipinski definition) is 3. The van der Waals surface area contributed by atoms with Gasteiger partial charge in [-0.2, -0.15) is 0 Å².